The Morgan fingerprint density at radius 2 is 0.375 bits per heavy atom. The van der Waals surface area contributed by atoms with Gasteiger partial charge in [-0.1, -0.05) is 92.5 Å². The number of aromatic nitrogens is 4. The van der Waals surface area contributed by atoms with Gasteiger partial charge < -0.3 is 73.8 Å². The van der Waals surface area contributed by atoms with Crippen LogP contribution in [0.15, 0.2) is 168 Å². The summed E-state index contributed by atoms with van der Waals surface area (Å²) in [6.07, 6.45) is 24.7. The zero-order valence-electron chi connectivity index (χ0n) is 92.8. The predicted octanol–water partition coefficient (Wildman–Crippen LogP) is 21.1. The van der Waals surface area contributed by atoms with Crippen molar-refractivity contribution >= 4 is 93.1 Å². The summed E-state index contributed by atoms with van der Waals surface area (Å²) in [6, 6.07) is 28.1. The molecule has 808 valence electrons. The minimum Gasteiger partial charge on any atom is -0.456 e. The molecule has 2 unspecified atom stereocenters. The first-order valence-corrected chi connectivity index (χ1v) is 56.3. The molecular formula is C112H188N12O16S4+8. The molecule has 0 amide bonds. The zero-order valence-corrected chi connectivity index (χ0v) is 96.1. The third-order valence-electron chi connectivity index (χ3n) is 26.2. The third-order valence-corrected chi connectivity index (χ3v) is 29.6. The molecule has 8 rings (SSSR count). The normalized spacial score (nSPS) is 12.1. The maximum Gasteiger partial charge on any atom is 0.348 e. The van der Waals surface area contributed by atoms with Gasteiger partial charge in [-0.05, 0) is 215 Å². The first-order chi connectivity index (χ1) is 69.0. The number of carbonyl (C=O) groups is 8. The van der Waals surface area contributed by atoms with E-state index in [1.54, 1.807) is 110 Å². The van der Waals surface area contributed by atoms with E-state index in [2.05, 4.69) is 187 Å². The number of unbranched alkanes of at least 4 members (excludes halogenated alkanes) is 2. The molecule has 0 aliphatic heterocycles. The Kier molecular flexibility index (Phi) is 71.3. The van der Waals surface area contributed by atoms with Gasteiger partial charge in [0.2, 0.25) is 0 Å². The quantitative estimate of drug-likeness (QED) is 0.0195. The van der Waals surface area contributed by atoms with E-state index in [4.69, 9.17) is 37.9 Å². The standard InChI is InChI=1S/C17H29N2O2.C16H27N2O2.C16H28NO2S.C15H26NO2S.C14H23N2O2.C13H22NO2S.C11H17N2O2.C10H16NO2S/c1-4-7-13-19(6-3,12-5-2)14-15-21-17(20)16-8-10-18-11-9-16;1-4-11-18(6-3,12-5-2)13-14-20-16(19)15-7-9-17-10-8-15;1-4-7-11-17(6-3,10-5-2)12-13-19-16(18)15-9-8-14-20-15;1-4-9-16(6-3,10-5-2)11-12-18-15(17)14-8-7-13-19-14;1-4-16(5-2,6-3)11-12-18-14(17)13-7-9-15-10-8-13;1-4-14(5-2,6-3)9-10-16-13(15)12-8-7-11-17-12;1-13(2,3)8-9-15-11(14)10-4-6-12-7-5-10;1-11(2,3)6-7-13-10(12)9-5-4-8-14-9/h8-11H,4-7,12-15H2,1-3H3;7-10H,4-6,11-14H2,1-3H3;8-9,14H,4-7,10-13H2,1-3H3;7-8,13H,4-6,9-12H2,1-3H3;7-10H,4-6,11-12H2,1-3H3;7-8,11H,4-6,9-10H2,1-3H3;4-7H,8-9H2,1-3H3;4-5,8H,6-7H2,1-3H3/q8*+1. The highest BCUT2D eigenvalue weighted by Gasteiger charge is 2.30. The van der Waals surface area contributed by atoms with E-state index in [0.717, 1.165) is 193 Å². The molecule has 0 saturated carbocycles. The van der Waals surface area contributed by atoms with E-state index in [9.17, 15) is 38.4 Å². The van der Waals surface area contributed by atoms with Crippen molar-refractivity contribution in [1.29, 1.82) is 0 Å². The van der Waals surface area contributed by atoms with Crippen molar-refractivity contribution in [1.82, 2.24) is 19.9 Å². The highest BCUT2D eigenvalue weighted by Crippen LogP contribution is 2.20. The van der Waals surface area contributed by atoms with Crippen LogP contribution in [0.25, 0.3) is 0 Å². The van der Waals surface area contributed by atoms with Crippen LogP contribution in [-0.2, 0) is 37.9 Å². The number of nitrogens with zero attached hydrogens (tertiary/aromatic N) is 12. The number of hydrogen-bond donors (Lipinski definition) is 0. The van der Waals surface area contributed by atoms with Gasteiger partial charge in [0.1, 0.15) is 125 Å². The van der Waals surface area contributed by atoms with E-state index in [1.807, 2.05) is 57.9 Å². The van der Waals surface area contributed by atoms with Crippen LogP contribution < -0.4 is 0 Å². The molecule has 0 fully saturated rings. The predicted molar refractivity (Wildman–Crippen MR) is 589 cm³/mol. The Bertz CT molecular complexity index is 4540. The van der Waals surface area contributed by atoms with Crippen LogP contribution in [0.4, 0.5) is 0 Å². The van der Waals surface area contributed by atoms with Crippen molar-refractivity contribution in [2.75, 3.05) is 265 Å². The lowest BCUT2D eigenvalue weighted by molar-refractivity contribution is -0.926. The highest BCUT2D eigenvalue weighted by atomic mass is 32.1. The lowest BCUT2D eigenvalue weighted by atomic mass is 10.2. The average molecular weight is 2090 g/mol. The lowest BCUT2D eigenvalue weighted by Gasteiger charge is -2.37. The number of thiophene rings is 4. The number of carbonyl (C=O) groups excluding carboxylic acids is 8. The van der Waals surface area contributed by atoms with Gasteiger partial charge in [0.25, 0.3) is 0 Å². The van der Waals surface area contributed by atoms with Crippen LogP contribution in [0.3, 0.4) is 0 Å². The lowest BCUT2D eigenvalue weighted by Crippen LogP contribution is -2.51. The second-order valence-electron chi connectivity index (χ2n) is 38.0. The largest absolute Gasteiger partial charge is 0.456 e. The van der Waals surface area contributed by atoms with E-state index in [1.165, 1.54) is 123 Å². The smallest absolute Gasteiger partial charge is 0.348 e. The summed E-state index contributed by atoms with van der Waals surface area (Å²) in [7, 11) is 12.4. The first-order valence-electron chi connectivity index (χ1n) is 52.8. The zero-order chi connectivity index (χ0) is 107. The molecule has 0 N–H and O–H groups in total. The molecular weight excluding hydrogens is 1900 g/mol. The summed E-state index contributed by atoms with van der Waals surface area (Å²) in [6.45, 7) is 71.0. The number of pyridine rings is 4. The second kappa shape index (κ2) is 77.3. The van der Waals surface area contributed by atoms with Crippen molar-refractivity contribution in [3.05, 3.63) is 210 Å². The molecule has 0 spiro atoms. The van der Waals surface area contributed by atoms with Crippen LogP contribution in [0.1, 0.15) is 269 Å². The summed E-state index contributed by atoms with van der Waals surface area (Å²) < 4.78 is 50.3. The highest BCUT2D eigenvalue weighted by molar-refractivity contribution is 7.12. The molecule has 2 atom stereocenters. The van der Waals surface area contributed by atoms with Gasteiger partial charge in [-0.15, -0.1) is 45.3 Å². The van der Waals surface area contributed by atoms with Crippen LogP contribution in [-0.4, -0.2) is 369 Å². The third kappa shape index (κ3) is 56.1. The fourth-order valence-electron chi connectivity index (χ4n) is 16.3. The van der Waals surface area contributed by atoms with E-state index < -0.39 is 0 Å². The monoisotopic (exact) mass is 2090 g/mol. The molecule has 8 aromatic heterocycles. The van der Waals surface area contributed by atoms with Gasteiger partial charge in [-0.25, -0.2) is 38.4 Å². The van der Waals surface area contributed by atoms with Crippen molar-refractivity contribution in [2.45, 2.75) is 189 Å². The van der Waals surface area contributed by atoms with Crippen LogP contribution in [0, 0.1) is 0 Å². The van der Waals surface area contributed by atoms with E-state index in [0.29, 0.717) is 94.6 Å². The molecule has 28 nitrogen and oxygen atoms in total. The topological polar surface area (TPSA) is 262 Å². The summed E-state index contributed by atoms with van der Waals surface area (Å²) in [5.41, 5.74) is 2.25. The maximum atomic E-state index is 11.9. The molecule has 0 aliphatic rings. The molecule has 8 aromatic rings. The Morgan fingerprint density at radius 1 is 0.208 bits per heavy atom. The molecule has 8 heterocycles. The Hall–Kier alpha value is -9.16. The molecule has 0 aliphatic carbocycles. The Balaban J connectivity index is 0.000000825. The Labute approximate surface area is 883 Å². The van der Waals surface area contributed by atoms with Crippen molar-refractivity contribution < 1.29 is 112 Å². The summed E-state index contributed by atoms with van der Waals surface area (Å²) in [4.78, 5) is 112. The summed E-state index contributed by atoms with van der Waals surface area (Å²) in [5.74, 6) is -1.83. The van der Waals surface area contributed by atoms with Gasteiger partial charge in [0.15, 0.2) is 0 Å². The van der Waals surface area contributed by atoms with Gasteiger partial charge in [0.05, 0.1) is 182 Å². The Morgan fingerprint density at radius 3 is 0.528 bits per heavy atom. The van der Waals surface area contributed by atoms with Crippen molar-refractivity contribution in [3.63, 3.8) is 0 Å². The minimum atomic E-state index is -0.286. The fourth-order valence-corrected chi connectivity index (χ4v) is 18.8. The number of quaternary nitrogens is 8. The average Bonchev–Trinajstić information content (AvgIpc) is 1.30. The minimum absolute atomic E-state index is 0.179. The first kappa shape index (κ1) is 133. The molecule has 0 bridgehead atoms. The fraction of sp³-hybridized carbons (Fsp3) is 0.607. The van der Waals surface area contributed by atoms with Gasteiger partial charge in [-0.3, -0.25) is 19.9 Å². The summed E-state index contributed by atoms with van der Waals surface area (Å²) in [5, 5.41) is 7.57. The molecule has 144 heavy (non-hydrogen) atoms. The second-order valence-corrected chi connectivity index (χ2v) is 41.8. The molecule has 32 heteroatoms. The maximum absolute atomic E-state index is 11.9. The molecule has 0 radical (unpaired) electrons. The van der Waals surface area contributed by atoms with Crippen LogP contribution in [0.2, 0.25) is 0 Å². The van der Waals surface area contributed by atoms with E-state index >= 15 is 0 Å². The van der Waals surface area contributed by atoms with E-state index in [-0.39, 0.29) is 47.8 Å². The number of likely N-dealkylation sites (N-methyl/N-ethyl adjacent to an activating group) is 8. The van der Waals surface area contributed by atoms with Crippen molar-refractivity contribution in [2.24, 2.45) is 0 Å². The number of rotatable bonds is 60. The van der Waals surface area contributed by atoms with Crippen LogP contribution >= 0.6 is 45.3 Å². The number of esters is 8. The van der Waals surface area contributed by atoms with Gasteiger partial charge in [0, 0.05) is 49.6 Å². The van der Waals surface area contributed by atoms with Gasteiger partial charge >= 0.3 is 47.8 Å². The summed E-state index contributed by atoms with van der Waals surface area (Å²) >= 11 is 5.71. The van der Waals surface area contributed by atoms with Crippen molar-refractivity contribution in [3.8, 4) is 0 Å². The molecule has 0 aromatic carbocycles. The van der Waals surface area contributed by atoms with Crippen LogP contribution in [0.5, 0.6) is 0 Å². The molecule has 0 saturated heterocycles. The number of hydrogen-bond acceptors (Lipinski definition) is 24. The SMILES string of the molecule is CCCC[N+](CC)(CCC)CCOC(=O)c1cccs1.CCCC[N+](CC)(CCC)CCOC(=O)c1ccncc1.CCC[N+](CC)(CCC)CCOC(=O)c1cccs1.CCC[N+](CC)(CCC)CCOC(=O)c1ccncc1.CC[N+](CC)(CC)CCOC(=O)c1cccs1.CC[N+](CC)(CC)CCOC(=O)c1ccncc1.C[N+](C)(C)CCOC(=O)c1cccs1.C[N+](C)(C)CCOC(=O)c1ccncc1. The van der Waals surface area contributed by atoms with Gasteiger partial charge in [-0.2, -0.15) is 0 Å². The number of ether oxygens (including phenoxy) is 8.